The number of nitrogens with zero attached hydrogens (tertiary/aromatic N) is 2. The van der Waals surface area contributed by atoms with Crippen LogP contribution in [0.15, 0.2) is 23.2 Å². The summed E-state index contributed by atoms with van der Waals surface area (Å²) in [5.74, 6) is 1.80. The van der Waals surface area contributed by atoms with Crippen LogP contribution in [0.3, 0.4) is 0 Å². The number of halogens is 1. The number of alkyl halides is 1. The molecule has 7 heteroatoms. The molecule has 0 amide bonds. The van der Waals surface area contributed by atoms with Gasteiger partial charge in [0.05, 0.1) is 0 Å². The van der Waals surface area contributed by atoms with Gasteiger partial charge < -0.3 is 5.32 Å². The average molecular weight is 318 g/mol. The summed E-state index contributed by atoms with van der Waals surface area (Å²) < 4.78 is 25.0. The van der Waals surface area contributed by atoms with Gasteiger partial charge >= 0.3 is 0 Å². The molecule has 1 heterocycles. The summed E-state index contributed by atoms with van der Waals surface area (Å²) in [5, 5.41) is 3.35. The lowest BCUT2D eigenvalue weighted by molar-refractivity contribution is 0.520. The maximum Gasteiger partial charge on any atom is 0.244 e. The van der Waals surface area contributed by atoms with Crippen molar-refractivity contribution in [2.45, 2.75) is 30.2 Å². The maximum atomic E-state index is 11.9. The van der Waals surface area contributed by atoms with Gasteiger partial charge in [0.25, 0.3) is 0 Å². The van der Waals surface area contributed by atoms with Crippen LogP contribution in [-0.4, -0.2) is 43.7 Å². The first-order chi connectivity index (χ1) is 9.45. The van der Waals surface area contributed by atoms with Crippen molar-refractivity contribution in [3.63, 3.8) is 0 Å². The molecule has 1 aliphatic carbocycles. The Balaban J connectivity index is 2.09. The molecule has 0 spiro atoms. The molecule has 1 aromatic rings. The zero-order valence-electron chi connectivity index (χ0n) is 11.7. The van der Waals surface area contributed by atoms with Gasteiger partial charge in [-0.3, -0.25) is 0 Å². The van der Waals surface area contributed by atoms with Crippen LogP contribution in [0.5, 0.6) is 0 Å². The molecule has 1 aromatic heterocycles. The van der Waals surface area contributed by atoms with Crippen LogP contribution in [-0.2, 0) is 10.0 Å². The van der Waals surface area contributed by atoms with Crippen LogP contribution >= 0.6 is 11.6 Å². The Hall–Kier alpha value is -0.850. The largest absolute Gasteiger partial charge is 0.367 e. The lowest BCUT2D eigenvalue weighted by Gasteiger charge is -2.19. The molecule has 1 fully saturated rings. The molecule has 1 aliphatic rings. The third-order valence-electron chi connectivity index (χ3n) is 3.71. The van der Waals surface area contributed by atoms with E-state index in [1.54, 1.807) is 12.1 Å². The zero-order valence-corrected chi connectivity index (χ0v) is 13.3. The van der Waals surface area contributed by atoms with Gasteiger partial charge in [0.1, 0.15) is 10.7 Å². The van der Waals surface area contributed by atoms with Crippen LogP contribution in [0, 0.1) is 5.92 Å². The van der Waals surface area contributed by atoms with E-state index in [1.807, 2.05) is 0 Å². The van der Waals surface area contributed by atoms with Gasteiger partial charge in [-0.1, -0.05) is 6.42 Å². The number of rotatable bonds is 5. The van der Waals surface area contributed by atoms with Crippen LogP contribution in [0.25, 0.3) is 0 Å². The highest BCUT2D eigenvalue weighted by Gasteiger charge is 2.26. The average Bonchev–Trinajstić information content (AvgIpc) is 2.86. The van der Waals surface area contributed by atoms with Gasteiger partial charge in [-0.25, -0.2) is 17.7 Å². The Bertz CT molecular complexity index is 545. The minimum absolute atomic E-state index is 0.202. The van der Waals surface area contributed by atoms with E-state index in [4.69, 9.17) is 11.6 Å². The molecule has 0 saturated heterocycles. The van der Waals surface area contributed by atoms with E-state index in [-0.39, 0.29) is 4.90 Å². The van der Waals surface area contributed by atoms with Crippen molar-refractivity contribution < 1.29 is 8.42 Å². The third-order valence-corrected chi connectivity index (χ3v) is 5.90. The second kappa shape index (κ2) is 6.28. The SMILES string of the molecule is CN(C)S(=O)(=O)c1ccc(NC2CCCC2CCl)nc1. The lowest BCUT2D eigenvalue weighted by atomic mass is 10.1. The quantitative estimate of drug-likeness (QED) is 0.845. The van der Waals surface area contributed by atoms with Gasteiger partial charge in [-0.15, -0.1) is 11.6 Å². The lowest BCUT2D eigenvalue weighted by Crippen LogP contribution is -2.26. The summed E-state index contributed by atoms with van der Waals surface area (Å²) in [7, 11) is -0.404. The predicted molar refractivity (Wildman–Crippen MR) is 80.6 cm³/mol. The highest BCUT2D eigenvalue weighted by atomic mass is 35.5. The normalized spacial score (nSPS) is 23.2. The van der Waals surface area contributed by atoms with E-state index in [0.717, 1.165) is 12.8 Å². The number of hydrogen-bond donors (Lipinski definition) is 1. The topological polar surface area (TPSA) is 62.3 Å². The first kappa shape index (κ1) is 15.5. The standard InChI is InChI=1S/C13H20ClN3O2S/c1-17(2)20(18,19)11-6-7-13(15-9-11)16-12-5-3-4-10(12)8-14/h6-7,9-10,12H,3-5,8H2,1-2H3,(H,15,16). The monoisotopic (exact) mass is 317 g/mol. The molecular formula is C13H20ClN3O2S. The van der Waals surface area contributed by atoms with Crippen molar-refractivity contribution >= 4 is 27.4 Å². The molecule has 5 nitrogen and oxygen atoms in total. The van der Waals surface area contributed by atoms with Gasteiger partial charge in [0, 0.05) is 32.2 Å². The minimum atomic E-state index is -3.41. The van der Waals surface area contributed by atoms with Crippen LogP contribution in [0.1, 0.15) is 19.3 Å². The predicted octanol–water partition coefficient (Wildman–Crippen LogP) is 2.15. The van der Waals surface area contributed by atoms with Crippen molar-refractivity contribution in [3.05, 3.63) is 18.3 Å². The molecule has 112 valence electrons. The summed E-state index contributed by atoms with van der Waals surface area (Å²) in [6.45, 7) is 0. The van der Waals surface area contributed by atoms with Crippen molar-refractivity contribution in [1.82, 2.24) is 9.29 Å². The Morgan fingerprint density at radius 3 is 2.70 bits per heavy atom. The smallest absolute Gasteiger partial charge is 0.244 e. The molecular weight excluding hydrogens is 298 g/mol. The van der Waals surface area contributed by atoms with Crippen LogP contribution < -0.4 is 5.32 Å². The summed E-state index contributed by atoms with van der Waals surface area (Å²) in [6, 6.07) is 3.62. The third kappa shape index (κ3) is 3.24. The Labute approximate surface area is 125 Å². The summed E-state index contributed by atoms with van der Waals surface area (Å²) in [4.78, 5) is 4.40. The maximum absolute atomic E-state index is 11.9. The molecule has 0 radical (unpaired) electrons. The molecule has 0 bridgehead atoms. The Kier molecular flexibility index (Phi) is 4.88. The summed E-state index contributed by atoms with van der Waals surface area (Å²) in [5.41, 5.74) is 0. The van der Waals surface area contributed by atoms with E-state index in [9.17, 15) is 8.42 Å². The highest BCUT2D eigenvalue weighted by Crippen LogP contribution is 2.29. The zero-order chi connectivity index (χ0) is 14.8. The number of nitrogens with one attached hydrogen (secondary N) is 1. The second-order valence-electron chi connectivity index (χ2n) is 5.26. The molecule has 1 saturated carbocycles. The first-order valence-electron chi connectivity index (χ1n) is 6.66. The molecule has 2 unspecified atom stereocenters. The van der Waals surface area contributed by atoms with Gasteiger partial charge in [-0.2, -0.15) is 0 Å². The van der Waals surface area contributed by atoms with E-state index in [2.05, 4.69) is 10.3 Å². The fraction of sp³-hybridized carbons (Fsp3) is 0.615. The van der Waals surface area contributed by atoms with Crippen LogP contribution in [0.4, 0.5) is 5.82 Å². The summed E-state index contributed by atoms with van der Waals surface area (Å²) >= 11 is 5.94. The highest BCUT2D eigenvalue weighted by molar-refractivity contribution is 7.89. The van der Waals surface area contributed by atoms with E-state index in [0.29, 0.717) is 23.7 Å². The number of aromatic nitrogens is 1. The van der Waals surface area contributed by atoms with Crippen molar-refractivity contribution in [2.75, 3.05) is 25.3 Å². The second-order valence-corrected chi connectivity index (χ2v) is 7.72. The molecule has 0 aromatic carbocycles. The number of hydrogen-bond acceptors (Lipinski definition) is 4. The Morgan fingerprint density at radius 2 is 2.15 bits per heavy atom. The van der Waals surface area contributed by atoms with Gasteiger partial charge in [0.2, 0.25) is 10.0 Å². The summed E-state index contributed by atoms with van der Waals surface area (Å²) in [6.07, 6.45) is 4.77. The van der Waals surface area contributed by atoms with E-state index in [1.165, 1.54) is 31.0 Å². The molecule has 2 atom stereocenters. The molecule has 1 N–H and O–H groups in total. The Morgan fingerprint density at radius 1 is 1.40 bits per heavy atom. The van der Waals surface area contributed by atoms with Crippen molar-refractivity contribution in [2.24, 2.45) is 5.92 Å². The van der Waals surface area contributed by atoms with E-state index >= 15 is 0 Å². The number of sulfonamides is 1. The molecule has 0 aliphatic heterocycles. The van der Waals surface area contributed by atoms with Crippen molar-refractivity contribution in [3.8, 4) is 0 Å². The molecule has 2 rings (SSSR count). The van der Waals surface area contributed by atoms with Gasteiger partial charge in [-0.05, 0) is 30.9 Å². The fourth-order valence-corrected chi connectivity index (χ4v) is 3.65. The van der Waals surface area contributed by atoms with Crippen molar-refractivity contribution in [1.29, 1.82) is 0 Å². The number of anilines is 1. The molecule has 20 heavy (non-hydrogen) atoms. The van der Waals surface area contributed by atoms with Crippen LogP contribution in [0.2, 0.25) is 0 Å². The number of pyridine rings is 1. The first-order valence-corrected chi connectivity index (χ1v) is 8.63. The van der Waals surface area contributed by atoms with E-state index < -0.39 is 10.0 Å². The fourth-order valence-electron chi connectivity index (χ4n) is 2.43. The van der Waals surface area contributed by atoms with Gasteiger partial charge in [0.15, 0.2) is 0 Å². The minimum Gasteiger partial charge on any atom is -0.367 e.